The van der Waals surface area contributed by atoms with Crippen molar-refractivity contribution in [1.82, 2.24) is 0 Å². The van der Waals surface area contributed by atoms with E-state index in [1.54, 1.807) is 0 Å². The quantitative estimate of drug-likeness (QED) is 0.578. The van der Waals surface area contributed by atoms with Gasteiger partial charge < -0.3 is 4.43 Å². The van der Waals surface area contributed by atoms with Crippen LogP contribution in [-0.4, -0.2) is 15.4 Å². The van der Waals surface area contributed by atoms with Gasteiger partial charge in [-0.15, -0.1) is 6.58 Å². The van der Waals surface area contributed by atoms with Crippen molar-refractivity contribution in [3.8, 4) is 0 Å². The lowest BCUT2D eigenvalue weighted by Crippen LogP contribution is -2.60. The summed E-state index contributed by atoms with van der Waals surface area (Å²) in [6, 6.07) is 22.2. The molecule has 0 heterocycles. The molecule has 19 heavy (non-hydrogen) atoms. The van der Waals surface area contributed by atoms with Crippen LogP contribution in [-0.2, 0) is 4.43 Å². The smallest absolute Gasteiger partial charge is 0.255 e. The van der Waals surface area contributed by atoms with Crippen molar-refractivity contribution in [1.29, 1.82) is 0 Å². The highest BCUT2D eigenvalue weighted by Gasteiger charge is 2.37. The third-order valence-corrected chi connectivity index (χ3v) is 7.75. The molecular weight excluding hydrogens is 248 g/mol. The van der Waals surface area contributed by atoms with Gasteiger partial charge >= 0.3 is 0 Å². The molecule has 0 aliphatic heterocycles. The van der Waals surface area contributed by atoms with E-state index >= 15 is 0 Å². The summed E-state index contributed by atoms with van der Waals surface area (Å²) in [5.74, 6) is 0. The Morgan fingerprint density at radius 2 is 1.42 bits per heavy atom. The van der Waals surface area contributed by atoms with E-state index in [2.05, 4.69) is 67.2 Å². The van der Waals surface area contributed by atoms with Crippen LogP contribution < -0.4 is 10.4 Å². The van der Waals surface area contributed by atoms with E-state index in [4.69, 9.17) is 4.43 Å². The number of allylic oxidation sites excluding steroid dienone is 1. The standard InChI is InChI=1S/C17H20OSi/c1-3-4-15-19(18-2,16-11-7-5-8-12-16)17-13-9-6-10-14-17/h3,5-14H,1,4,15H2,2H3. The molecule has 0 aliphatic carbocycles. The van der Waals surface area contributed by atoms with Crippen LogP contribution in [0.1, 0.15) is 6.42 Å². The molecule has 0 saturated carbocycles. The minimum absolute atomic E-state index is 0.976. The first-order chi connectivity index (χ1) is 9.33. The molecule has 2 aromatic rings. The summed E-state index contributed by atoms with van der Waals surface area (Å²) in [6.07, 6.45) is 2.95. The molecule has 0 N–H and O–H groups in total. The van der Waals surface area contributed by atoms with Gasteiger partial charge in [0, 0.05) is 7.11 Å². The first-order valence-corrected chi connectivity index (χ1v) is 8.72. The van der Waals surface area contributed by atoms with Crippen LogP contribution in [0.3, 0.4) is 0 Å². The maximum Gasteiger partial charge on any atom is 0.255 e. The summed E-state index contributed by atoms with van der Waals surface area (Å²) in [5.41, 5.74) is 0. The van der Waals surface area contributed by atoms with E-state index in [1.807, 2.05) is 13.2 Å². The second-order valence-electron chi connectivity index (χ2n) is 4.59. The Balaban J connectivity index is 2.51. The van der Waals surface area contributed by atoms with Crippen molar-refractivity contribution in [2.45, 2.75) is 12.5 Å². The lowest BCUT2D eigenvalue weighted by molar-refractivity contribution is 0.415. The van der Waals surface area contributed by atoms with Crippen molar-refractivity contribution in [3.63, 3.8) is 0 Å². The molecule has 2 aromatic carbocycles. The van der Waals surface area contributed by atoms with Crippen molar-refractivity contribution < 1.29 is 4.43 Å². The average Bonchev–Trinajstić information content (AvgIpc) is 2.51. The minimum atomic E-state index is -2.11. The van der Waals surface area contributed by atoms with Crippen LogP contribution >= 0.6 is 0 Å². The van der Waals surface area contributed by atoms with Crippen molar-refractivity contribution >= 4 is 18.7 Å². The zero-order valence-corrected chi connectivity index (χ0v) is 12.4. The predicted molar refractivity (Wildman–Crippen MR) is 84.5 cm³/mol. The SMILES string of the molecule is C=CCC[Si](OC)(c1ccccc1)c1ccccc1. The second-order valence-corrected chi connectivity index (χ2v) is 8.31. The molecule has 0 aliphatic rings. The van der Waals surface area contributed by atoms with E-state index in [0.29, 0.717) is 0 Å². The summed E-state index contributed by atoms with van der Waals surface area (Å²) < 4.78 is 6.10. The van der Waals surface area contributed by atoms with Gasteiger partial charge in [0.05, 0.1) is 0 Å². The third-order valence-electron chi connectivity index (χ3n) is 3.53. The normalized spacial score (nSPS) is 11.2. The van der Waals surface area contributed by atoms with E-state index in [1.165, 1.54) is 10.4 Å². The summed E-state index contributed by atoms with van der Waals surface area (Å²) in [6.45, 7) is 3.85. The van der Waals surface area contributed by atoms with Gasteiger partial charge in [0.1, 0.15) is 0 Å². The Morgan fingerprint density at radius 3 is 1.79 bits per heavy atom. The van der Waals surface area contributed by atoms with Gasteiger partial charge in [-0.25, -0.2) is 0 Å². The highest BCUT2D eigenvalue weighted by Crippen LogP contribution is 2.15. The zero-order chi connectivity index (χ0) is 13.6. The zero-order valence-electron chi connectivity index (χ0n) is 11.4. The monoisotopic (exact) mass is 268 g/mol. The molecule has 0 fully saturated rings. The van der Waals surface area contributed by atoms with Crippen LogP contribution in [0.4, 0.5) is 0 Å². The molecule has 0 atom stereocenters. The Bertz CT molecular complexity index is 468. The average molecular weight is 268 g/mol. The fourth-order valence-electron chi connectivity index (χ4n) is 2.51. The fraction of sp³-hybridized carbons (Fsp3) is 0.176. The molecule has 0 amide bonds. The Labute approximate surface area is 116 Å². The van der Waals surface area contributed by atoms with Crippen LogP contribution in [0.25, 0.3) is 0 Å². The second kappa shape index (κ2) is 6.50. The Hall–Kier alpha value is -1.64. The molecule has 0 bridgehead atoms. The van der Waals surface area contributed by atoms with Crippen LogP contribution in [0.2, 0.25) is 6.04 Å². The van der Waals surface area contributed by atoms with Crippen molar-refractivity contribution in [3.05, 3.63) is 73.3 Å². The highest BCUT2D eigenvalue weighted by atomic mass is 28.4. The van der Waals surface area contributed by atoms with E-state index in [0.717, 1.165) is 12.5 Å². The van der Waals surface area contributed by atoms with Crippen LogP contribution in [0.15, 0.2) is 73.3 Å². The number of rotatable bonds is 6. The molecule has 2 rings (SSSR count). The van der Waals surface area contributed by atoms with Crippen LogP contribution in [0.5, 0.6) is 0 Å². The van der Waals surface area contributed by atoms with Gasteiger partial charge in [0.25, 0.3) is 8.32 Å². The topological polar surface area (TPSA) is 9.23 Å². The molecule has 0 radical (unpaired) electrons. The van der Waals surface area contributed by atoms with E-state index < -0.39 is 8.32 Å². The highest BCUT2D eigenvalue weighted by molar-refractivity contribution is 6.97. The molecular formula is C17H20OSi. The Kier molecular flexibility index (Phi) is 4.72. The van der Waals surface area contributed by atoms with Gasteiger partial charge in [-0.3, -0.25) is 0 Å². The van der Waals surface area contributed by atoms with Crippen LogP contribution in [0, 0.1) is 0 Å². The summed E-state index contributed by atoms with van der Waals surface area (Å²) in [5, 5.41) is 2.65. The van der Waals surface area contributed by atoms with Gasteiger partial charge in [0.2, 0.25) is 0 Å². The molecule has 2 heteroatoms. The lowest BCUT2D eigenvalue weighted by atomic mass is 10.4. The van der Waals surface area contributed by atoms with Crippen molar-refractivity contribution in [2.24, 2.45) is 0 Å². The lowest BCUT2D eigenvalue weighted by Gasteiger charge is -2.30. The molecule has 1 nitrogen and oxygen atoms in total. The molecule has 0 aromatic heterocycles. The maximum absolute atomic E-state index is 6.10. The number of benzene rings is 2. The molecule has 0 unspecified atom stereocenters. The fourth-order valence-corrected chi connectivity index (χ4v) is 6.17. The van der Waals surface area contributed by atoms with E-state index in [-0.39, 0.29) is 0 Å². The summed E-state index contributed by atoms with van der Waals surface area (Å²) in [4.78, 5) is 0. The van der Waals surface area contributed by atoms with Gasteiger partial charge in [-0.1, -0.05) is 66.7 Å². The maximum atomic E-state index is 6.10. The largest absolute Gasteiger partial charge is 0.411 e. The predicted octanol–water partition coefficient (Wildman–Crippen LogP) is 2.97. The molecule has 0 saturated heterocycles. The summed E-state index contributed by atoms with van der Waals surface area (Å²) in [7, 11) is -0.271. The van der Waals surface area contributed by atoms with Gasteiger partial charge in [-0.05, 0) is 22.8 Å². The first-order valence-electron chi connectivity index (χ1n) is 6.60. The van der Waals surface area contributed by atoms with E-state index in [9.17, 15) is 0 Å². The van der Waals surface area contributed by atoms with Gasteiger partial charge in [0.15, 0.2) is 0 Å². The molecule has 98 valence electrons. The summed E-state index contributed by atoms with van der Waals surface area (Å²) >= 11 is 0. The molecule has 0 spiro atoms. The van der Waals surface area contributed by atoms with Crippen molar-refractivity contribution in [2.75, 3.05) is 7.11 Å². The third kappa shape index (κ3) is 2.86. The van der Waals surface area contributed by atoms with Gasteiger partial charge in [-0.2, -0.15) is 0 Å². The Morgan fingerprint density at radius 1 is 0.947 bits per heavy atom. The first kappa shape index (κ1) is 13.8. The number of hydrogen-bond donors (Lipinski definition) is 0. The minimum Gasteiger partial charge on any atom is -0.411 e. The number of hydrogen-bond acceptors (Lipinski definition) is 1.